The van der Waals surface area contributed by atoms with E-state index in [-0.39, 0.29) is 41.2 Å². The average Bonchev–Trinajstić information content (AvgIpc) is 2.87. The highest BCUT2D eigenvalue weighted by Crippen LogP contribution is 2.33. The minimum absolute atomic E-state index is 0. The second-order valence-corrected chi connectivity index (χ2v) is 10.9. The molecule has 1 heterocycles. The van der Waals surface area contributed by atoms with Gasteiger partial charge in [-0.25, -0.2) is 13.9 Å². The second-order valence-electron chi connectivity index (χ2n) is 8.43. The molecule has 1 fully saturated rings. The standard InChI is InChI=1S/C23H26ClN3O5S.ClH/c24-17-9-6-15(7-10-17)13-27-20-12-16(22(28)26-32-18-4-2-1-3-5-18)8-11-21(20)33(30,31)14-19(25)23(27)29;/h6-12,18-19H,1-5,13-14,25H2,(H,26,28);1H/t19-;/m0./s1. The van der Waals surface area contributed by atoms with Crippen molar-refractivity contribution in [2.24, 2.45) is 5.73 Å². The van der Waals surface area contributed by atoms with E-state index >= 15 is 0 Å². The maximum absolute atomic E-state index is 13.1. The van der Waals surface area contributed by atoms with Gasteiger partial charge in [-0.1, -0.05) is 43.0 Å². The van der Waals surface area contributed by atoms with Gasteiger partial charge in [0.15, 0.2) is 9.84 Å². The van der Waals surface area contributed by atoms with E-state index in [2.05, 4.69) is 5.48 Å². The number of nitrogens with zero attached hydrogens (tertiary/aromatic N) is 1. The largest absolute Gasteiger partial charge is 0.319 e. The number of hydrogen-bond acceptors (Lipinski definition) is 6. The van der Waals surface area contributed by atoms with E-state index in [4.69, 9.17) is 22.2 Å². The number of hydrogen-bond donors (Lipinski definition) is 2. The number of nitrogens with two attached hydrogens (primary N) is 1. The Balaban J connectivity index is 0.00000324. The van der Waals surface area contributed by atoms with Crippen LogP contribution in [0.5, 0.6) is 0 Å². The molecule has 1 aliphatic carbocycles. The highest BCUT2D eigenvalue weighted by atomic mass is 35.5. The van der Waals surface area contributed by atoms with Gasteiger partial charge in [-0.3, -0.25) is 14.4 Å². The summed E-state index contributed by atoms with van der Waals surface area (Å²) >= 11 is 5.96. The SMILES string of the molecule is Cl.N[C@H]1CS(=O)(=O)c2ccc(C(=O)NOC3CCCCC3)cc2N(Cc2ccc(Cl)cc2)C1=O. The Morgan fingerprint density at radius 3 is 2.47 bits per heavy atom. The van der Waals surface area contributed by atoms with E-state index in [1.54, 1.807) is 24.3 Å². The van der Waals surface area contributed by atoms with Crippen LogP contribution < -0.4 is 16.1 Å². The lowest BCUT2D eigenvalue weighted by Gasteiger charge is -2.25. The van der Waals surface area contributed by atoms with Crippen molar-refractivity contribution in [1.29, 1.82) is 0 Å². The van der Waals surface area contributed by atoms with E-state index in [0.29, 0.717) is 5.02 Å². The van der Waals surface area contributed by atoms with Crippen LogP contribution in [-0.4, -0.2) is 38.1 Å². The molecule has 34 heavy (non-hydrogen) atoms. The lowest BCUT2D eigenvalue weighted by Crippen LogP contribution is -2.45. The zero-order chi connectivity index (χ0) is 23.6. The highest BCUT2D eigenvalue weighted by molar-refractivity contribution is 7.91. The second kappa shape index (κ2) is 11.0. The molecule has 0 unspecified atom stereocenters. The molecule has 0 radical (unpaired) electrons. The lowest BCUT2D eigenvalue weighted by molar-refractivity contribution is -0.119. The summed E-state index contributed by atoms with van der Waals surface area (Å²) in [5.41, 5.74) is 9.45. The molecule has 184 valence electrons. The van der Waals surface area contributed by atoms with Crippen molar-refractivity contribution in [3.05, 3.63) is 58.6 Å². The van der Waals surface area contributed by atoms with E-state index < -0.39 is 33.4 Å². The van der Waals surface area contributed by atoms with Crippen LogP contribution in [0.25, 0.3) is 0 Å². The Hall–Kier alpha value is -2.17. The molecule has 2 aromatic carbocycles. The topological polar surface area (TPSA) is 119 Å². The molecule has 2 aliphatic rings. The smallest absolute Gasteiger partial charge is 0.274 e. The van der Waals surface area contributed by atoms with Crippen LogP contribution in [0.3, 0.4) is 0 Å². The quantitative estimate of drug-likeness (QED) is 0.575. The fourth-order valence-electron chi connectivity index (χ4n) is 4.16. The first-order chi connectivity index (χ1) is 15.7. The van der Waals surface area contributed by atoms with Gasteiger partial charge in [0.2, 0.25) is 5.91 Å². The molecule has 11 heteroatoms. The number of halogens is 2. The number of rotatable bonds is 5. The van der Waals surface area contributed by atoms with Crippen LogP contribution in [-0.2, 0) is 26.0 Å². The summed E-state index contributed by atoms with van der Waals surface area (Å²) in [7, 11) is -3.84. The van der Waals surface area contributed by atoms with E-state index in [1.807, 2.05) is 0 Å². The molecule has 1 aliphatic heterocycles. The molecule has 2 amide bonds. The number of carbonyl (C=O) groups is 2. The number of nitrogens with one attached hydrogen (secondary N) is 1. The summed E-state index contributed by atoms with van der Waals surface area (Å²) in [6.45, 7) is 0.0792. The normalized spacial score (nSPS) is 20.1. The number of anilines is 1. The molecule has 1 saturated carbocycles. The third-order valence-electron chi connectivity index (χ3n) is 5.95. The Kier molecular flexibility index (Phi) is 8.59. The minimum Gasteiger partial charge on any atom is -0.319 e. The van der Waals surface area contributed by atoms with Crippen molar-refractivity contribution < 1.29 is 22.8 Å². The fraction of sp³-hybridized carbons (Fsp3) is 0.391. The van der Waals surface area contributed by atoms with Crippen LogP contribution in [0.2, 0.25) is 5.02 Å². The number of amides is 2. The molecule has 0 aromatic heterocycles. The van der Waals surface area contributed by atoms with Crippen LogP contribution in [0.4, 0.5) is 5.69 Å². The Bertz CT molecular complexity index is 1150. The first-order valence-electron chi connectivity index (χ1n) is 10.9. The first kappa shape index (κ1) is 26.4. The molecule has 0 bridgehead atoms. The van der Waals surface area contributed by atoms with E-state index in [1.165, 1.54) is 23.1 Å². The summed E-state index contributed by atoms with van der Waals surface area (Å²) in [6, 6.07) is 9.80. The van der Waals surface area contributed by atoms with Crippen molar-refractivity contribution in [2.75, 3.05) is 10.7 Å². The lowest BCUT2D eigenvalue weighted by atomic mass is 9.98. The number of hydroxylamine groups is 1. The summed E-state index contributed by atoms with van der Waals surface area (Å²) in [4.78, 5) is 32.6. The zero-order valence-electron chi connectivity index (χ0n) is 18.4. The Morgan fingerprint density at radius 2 is 1.79 bits per heavy atom. The molecule has 0 spiro atoms. The fourth-order valence-corrected chi connectivity index (χ4v) is 5.85. The van der Waals surface area contributed by atoms with E-state index in [0.717, 1.165) is 37.7 Å². The van der Waals surface area contributed by atoms with Gasteiger partial charge in [0.25, 0.3) is 5.91 Å². The summed E-state index contributed by atoms with van der Waals surface area (Å²) in [5, 5.41) is 0.539. The predicted molar refractivity (Wildman–Crippen MR) is 132 cm³/mol. The third kappa shape index (κ3) is 5.90. The van der Waals surface area contributed by atoms with Crippen LogP contribution in [0, 0.1) is 0 Å². The van der Waals surface area contributed by atoms with Crippen LogP contribution >= 0.6 is 24.0 Å². The number of carbonyl (C=O) groups excluding carboxylic acids is 2. The predicted octanol–water partition coefficient (Wildman–Crippen LogP) is 3.40. The van der Waals surface area contributed by atoms with Gasteiger partial charge in [0.05, 0.1) is 35.0 Å². The van der Waals surface area contributed by atoms with E-state index in [9.17, 15) is 18.0 Å². The van der Waals surface area contributed by atoms with Crippen molar-refractivity contribution in [3.8, 4) is 0 Å². The van der Waals surface area contributed by atoms with Crippen molar-refractivity contribution in [3.63, 3.8) is 0 Å². The molecule has 0 saturated heterocycles. The summed E-state index contributed by atoms with van der Waals surface area (Å²) < 4.78 is 25.8. The molecular formula is C23H27Cl2N3O5S. The Morgan fingerprint density at radius 1 is 1.12 bits per heavy atom. The van der Waals surface area contributed by atoms with Gasteiger partial charge in [-0.2, -0.15) is 0 Å². The number of fused-ring (bicyclic) bond motifs is 1. The van der Waals surface area contributed by atoms with Crippen LogP contribution in [0.15, 0.2) is 47.4 Å². The maximum Gasteiger partial charge on any atom is 0.274 e. The van der Waals surface area contributed by atoms with Crippen molar-refractivity contribution in [2.45, 2.75) is 55.7 Å². The Labute approximate surface area is 210 Å². The number of benzene rings is 2. The minimum atomic E-state index is -3.84. The summed E-state index contributed by atoms with van der Waals surface area (Å²) in [5.74, 6) is -1.55. The van der Waals surface area contributed by atoms with Crippen molar-refractivity contribution in [1.82, 2.24) is 5.48 Å². The molecule has 1 atom stereocenters. The maximum atomic E-state index is 13.1. The summed E-state index contributed by atoms with van der Waals surface area (Å²) in [6.07, 6.45) is 4.99. The molecule has 2 aromatic rings. The molecule has 8 nitrogen and oxygen atoms in total. The number of sulfone groups is 1. The van der Waals surface area contributed by atoms with Gasteiger partial charge in [-0.15, -0.1) is 12.4 Å². The average molecular weight is 528 g/mol. The van der Waals surface area contributed by atoms with Gasteiger partial charge >= 0.3 is 0 Å². The molecular weight excluding hydrogens is 501 g/mol. The van der Waals surface area contributed by atoms with Crippen molar-refractivity contribution >= 4 is 51.3 Å². The van der Waals surface area contributed by atoms with Gasteiger partial charge < -0.3 is 10.6 Å². The van der Waals surface area contributed by atoms with Gasteiger partial charge in [-0.05, 0) is 48.7 Å². The molecule has 4 rings (SSSR count). The third-order valence-corrected chi connectivity index (χ3v) is 8.02. The van der Waals surface area contributed by atoms with Gasteiger partial charge in [0.1, 0.15) is 0 Å². The monoisotopic (exact) mass is 527 g/mol. The zero-order valence-corrected chi connectivity index (χ0v) is 20.8. The molecule has 3 N–H and O–H groups in total. The van der Waals surface area contributed by atoms with Gasteiger partial charge in [0, 0.05) is 10.6 Å². The first-order valence-corrected chi connectivity index (χ1v) is 12.9. The van der Waals surface area contributed by atoms with Crippen LogP contribution in [0.1, 0.15) is 48.0 Å². The highest BCUT2D eigenvalue weighted by Gasteiger charge is 2.36.